The number of nitrogens with zero attached hydrogens (tertiary/aromatic N) is 1. The molecule has 0 aliphatic carbocycles. The summed E-state index contributed by atoms with van der Waals surface area (Å²) in [6.45, 7) is 2.80. The van der Waals surface area contributed by atoms with Gasteiger partial charge in [0.05, 0.1) is 21.1 Å². The van der Waals surface area contributed by atoms with Gasteiger partial charge in [0.1, 0.15) is 13.2 Å². The quantitative estimate of drug-likeness (QED) is 0.474. The molecule has 0 aliphatic heterocycles. The summed E-state index contributed by atoms with van der Waals surface area (Å²) in [4.78, 5) is 10.3. The lowest BCUT2D eigenvalue weighted by Crippen LogP contribution is -2.37. The fourth-order valence-corrected chi connectivity index (χ4v) is 0.463. The minimum atomic E-state index is -0.201. The Morgan fingerprint density at radius 1 is 1.36 bits per heavy atom. The van der Waals surface area contributed by atoms with E-state index in [0.29, 0.717) is 6.61 Å². The van der Waals surface area contributed by atoms with Gasteiger partial charge in [-0.3, -0.25) is 4.79 Å². The van der Waals surface area contributed by atoms with Gasteiger partial charge in [-0.25, -0.2) is 0 Å². The maximum atomic E-state index is 10.3. The summed E-state index contributed by atoms with van der Waals surface area (Å²) < 4.78 is 5.59. The van der Waals surface area contributed by atoms with Crippen molar-refractivity contribution in [2.75, 3.05) is 34.3 Å². The second-order valence-electron chi connectivity index (χ2n) is 3.35. The third-order valence-corrected chi connectivity index (χ3v) is 1.07. The fraction of sp³-hybridized carbons (Fsp3) is 0.857. The van der Waals surface area contributed by atoms with Crippen molar-refractivity contribution >= 4 is 18.4 Å². The molecule has 0 heterocycles. The third-order valence-electron chi connectivity index (χ3n) is 1.07. The zero-order valence-corrected chi connectivity index (χ0v) is 8.40. The van der Waals surface area contributed by atoms with Crippen molar-refractivity contribution in [3.63, 3.8) is 0 Å². The molecule has 68 valence electrons. The number of carbonyl (C=O) groups is 1. The highest BCUT2D eigenvalue weighted by Crippen LogP contribution is 1.88. The molecule has 0 fully saturated rings. The van der Waals surface area contributed by atoms with Crippen LogP contribution in [0.4, 0.5) is 0 Å². The molecule has 0 aromatic carbocycles. The molecule has 0 atom stereocenters. The zero-order chi connectivity index (χ0) is 8.20. The van der Waals surface area contributed by atoms with Crippen LogP contribution in [0.15, 0.2) is 0 Å². The molecule has 0 N–H and O–H groups in total. The first-order valence-corrected chi connectivity index (χ1v) is 3.35. The highest BCUT2D eigenvalue weighted by atomic mass is 35.5. The minimum Gasteiger partial charge on any atom is -0.460 e. The molecular weight excluding hydrogens is 166 g/mol. The molecule has 0 saturated heterocycles. The molecular formula is C7H17ClNO2+. The van der Waals surface area contributed by atoms with Gasteiger partial charge >= 0.3 is 5.97 Å². The molecule has 0 unspecified atom stereocenters. The maximum Gasteiger partial charge on any atom is 0.302 e. The van der Waals surface area contributed by atoms with Gasteiger partial charge in [0.25, 0.3) is 0 Å². The summed E-state index contributed by atoms with van der Waals surface area (Å²) >= 11 is 0. The number of rotatable bonds is 3. The van der Waals surface area contributed by atoms with Gasteiger partial charge in [0.15, 0.2) is 0 Å². The van der Waals surface area contributed by atoms with E-state index < -0.39 is 0 Å². The predicted molar refractivity (Wildman–Crippen MR) is 46.8 cm³/mol. The van der Waals surface area contributed by atoms with Gasteiger partial charge in [0, 0.05) is 6.92 Å². The number of quaternary nitrogens is 1. The Kier molecular flexibility index (Phi) is 6.52. The van der Waals surface area contributed by atoms with Gasteiger partial charge in [-0.2, -0.15) is 0 Å². The number of carbonyl (C=O) groups excluding carboxylic acids is 1. The lowest BCUT2D eigenvalue weighted by atomic mass is 10.5. The van der Waals surface area contributed by atoms with Crippen molar-refractivity contribution in [1.82, 2.24) is 0 Å². The van der Waals surface area contributed by atoms with E-state index >= 15 is 0 Å². The second kappa shape index (κ2) is 5.38. The van der Waals surface area contributed by atoms with Crippen LogP contribution in [0.3, 0.4) is 0 Å². The Morgan fingerprint density at radius 2 is 1.82 bits per heavy atom. The van der Waals surface area contributed by atoms with Crippen molar-refractivity contribution in [3.05, 3.63) is 0 Å². The first kappa shape index (κ1) is 13.3. The highest BCUT2D eigenvalue weighted by Gasteiger charge is 2.06. The number of likely N-dealkylation sites (N-methyl/N-ethyl adjacent to an activating group) is 1. The molecule has 0 aliphatic rings. The average Bonchev–Trinajstić information content (AvgIpc) is 1.59. The molecule has 0 spiro atoms. The molecule has 3 nitrogen and oxygen atoms in total. The van der Waals surface area contributed by atoms with Crippen LogP contribution in [-0.4, -0.2) is 44.7 Å². The zero-order valence-electron chi connectivity index (χ0n) is 7.59. The van der Waals surface area contributed by atoms with Crippen LogP contribution in [0.25, 0.3) is 0 Å². The van der Waals surface area contributed by atoms with Crippen LogP contribution < -0.4 is 0 Å². The monoisotopic (exact) mass is 182 g/mol. The molecule has 0 aromatic heterocycles. The smallest absolute Gasteiger partial charge is 0.302 e. The first-order chi connectivity index (χ1) is 4.42. The Labute approximate surface area is 74.3 Å². The number of halogens is 1. The van der Waals surface area contributed by atoms with E-state index in [9.17, 15) is 4.79 Å². The van der Waals surface area contributed by atoms with Gasteiger partial charge < -0.3 is 9.22 Å². The van der Waals surface area contributed by atoms with Crippen LogP contribution in [0.2, 0.25) is 0 Å². The van der Waals surface area contributed by atoms with Gasteiger partial charge in [-0.1, -0.05) is 0 Å². The van der Waals surface area contributed by atoms with Crippen molar-refractivity contribution in [3.8, 4) is 0 Å². The van der Waals surface area contributed by atoms with Crippen molar-refractivity contribution in [1.29, 1.82) is 0 Å². The molecule has 0 radical (unpaired) electrons. The molecule has 0 bridgehead atoms. The lowest BCUT2D eigenvalue weighted by molar-refractivity contribution is -0.870. The van der Waals surface area contributed by atoms with E-state index in [2.05, 4.69) is 21.1 Å². The Hall–Kier alpha value is -0.280. The topological polar surface area (TPSA) is 26.3 Å². The summed E-state index contributed by atoms with van der Waals surface area (Å²) in [7, 11) is 6.18. The molecule has 0 amide bonds. The van der Waals surface area contributed by atoms with Crippen LogP contribution >= 0.6 is 12.4 Å². The second-order valence-corrected chi connectivity index (χ2v) is 3.35. The van der Waals surface area contributed by atoms with E-state index in [1.54, 1.807) is 0 Å². The summed E-state index contributed by atoms with van der Waals surface area (Å²) in [5.74, 6) is -0.201. The van der Waals surface area contributed by atoms with E-state index in [1.807, 2.05) is 0 Å². The van der Waals surface area contributed by atoms with Crippen LogP contribution in [0.5, 0.6) is 0 Å². The maximum absolute atomic E-state index is 10.3. The summed E-state index contributed by atoms with van der Waals surface area (Å²) in [6, 6.07) is 0. The Balaban J connectivity index is 0. The van der Waals surface area contributed by atoms with Gasteiger partial charge in [-0.15, -0.1) is 12.4 Å². The van der Waals surface area contributed by atoms with Crippen LogP contribution in [0, 0.1) is 0 Å². The number of hydrogen-bond acceptors (Lipinski definition) is 2. The van der Waals surface area contributed by atoms with Crippen LogP contribution in [-0.2, 0) is 9.53 Å². The first-order valence-electron chi connectivity index (χ1n) is 3.35. The SMILES string of the molecule is CC(=O)OCC[N+](C)(C)C.Cl. The van der Waals surface area contributed by atoms with E-state index in [-0.39, 0.29) is 18.4 Å². The lowest BCUT2D eigenvalue weighted by Gasteiger charge is -2.23. The van der Waals surface area contributed by atoms with Gasteiger partial charge in [0.2, 0.25) is 0 Å². The average molecular weight is 183 g/mol. The fourth-order valence-electron chi connectivity index (χ4n) is 0.463. The largest absolute Gasteiger partial charge is 0.460 e. The molecule has 11 heavy (non-hydrogen) atoms. The predicted octanol–water partition coefficient (Wildman–Crippen LogP) is 0.677. The van der Waals surface area contributed by atoms with Gasteiger partial charge in [-0.05, 0) is 0 Å². The molecule has 4 heteroatoms. The summed E-state index contributed by atoms with van der Waals surface area (Å²) in [5.41, 5.74) is 0. The summed E-state index contributed by atoms with van der Waals surface area (Å²) in [5, 5.41) is 0. The van der Waals surface area contributed by atoms with Crippen molar-refractivity contribution < 1.29 is 14.0 Å². The number of hydrogen-bond donors (Lipinski definition) is 0. The van der Waals surface area contributed by atoms with E-state index in [1.165, 1.54) is 6.92 Å². The molecule has 0 saturated carbocycles. The number of ether oxygens (including phenoxy) is 1. The Bertz CT molecular complexity index is 120. The van der Waals surface area contributed by atoms with E-state index in [0.717, 1.165) is 11.0 Å². The van der Waals surface area contributed by atoms with Crippen molar-refractivity contribution in [2.24, 2.45) is 0 Å². The van der Waals surface area contributed by atoms with Crippen molar-refractivity contribution in [2.45, 2.75) is 6.92 Å². The third kappa shape index (κ3) is 12.8. The summed E-state index contributed by atoms with van der Waals surface area (Å²) in [6.07, 6.45) is 0. The standard InChI is InChI=1S/C7H16NO2.ClH/c1-7(9)10-6-5-8(2,3)4;/h5-6H2,1-4H3;1H/q+1;. The Morgan fingerprint density at radius 3 is 2.09 bits per heavy atom. The minimum absolute atomic E-state index is 0. The number of esters is 1. The highest BCUT2D eigenvalue weighted by molar-refractivity contribution is 5.85. The normalized spacial score (nSPS) is 10.2. The van der Waals surface area contributed by atoms with E-state index in [4.69, 9.17) is 4.74 Å². The molecule has 0 rings (SSSR count). The van der Waals surface area contributed by atoms with Crippen LogP contribution in [0.1, 0.15) is 6.92 Å². The molecule has 0 aromatic rings.